The second-order valence-electron chi connectivity index (χ2n) is 7.01. The molecule has 0 aliphatic heterocycles. The minimum atomic E-state index is -5.24. The molecule has 0 saturated heterocycles. The number of benzene rings is 2. The molecule has 1 atom stereocenters. The van der Waals surface area contributed by atoms with Crippen molar-refractivity contribution in [2.75, 3.05) is 25.6 Å². The predicted molar refractivity (Wildman–Crippen MR) is 105 cm³/mol. The lowest BCUT2D eigenvalue weighted by Gasteiger charge is -2.32. The Morgan fingerprint density at radius 2 is 1.62 bits per heavy atom. The lowest BCUT2D eigenvalue weighted by atomic mass is 9.91. The highest BCUT2D eigenvalue weighted by Gasteiger charge is 2.55. The van der Waals surface area contributed by atoms with Gasteiger partial charge in [-0.3, -0.25) is 4.79 Å². The Bertz CT molecular complexity index is 900. The molecular formula is C21H22F6N2O3. The maximum atomic E-state index is 13.6. The highest BCUT2D eigenvalue weighted by molar-refractivity contribution is 5.75. The maximum absolute atomic E-state index is 13.6. The van der Waals surface area contributed by atoms with Gasteiger partial charge in [0.15, 0.2) is 0 Å². The Hall–Kier alpha value is -2.79. The number of halogens is 6. The van der Waals surface area contributed by atoms with E-state index >= 15 is 0 Å². The molecule has 0 radical (unpaired) electrons. The van der Waals surface area contributed by atoms with E-state index < -0.39 is 35.6 Å². The van der Waals surface area contributed by atoms with Gasteiger partial charge in [0.25, 0.3) is 0 Å². The summed E-state index contributed by atoms with van der Waals surface area (Å²) in [7, 11) is 1.46. The van der Waals surface area contributed by atoms with E-state index in [0.717, 1.165) is 12.1 Å². The predicted octanol–water partition coefficient (Wildman–Crippen LogP) is 4.22. The second kappa shape index (κ2) is 10.2. The van der Waals surface area contributed by atoms with E-state index in [1.54, 1.807) is 12.1 Å². The van der Waals surface area contributed by atoms with Crippen molar-refractivity contribution in [3.8, 4) is 0 Å². The van der Waals surface area contributed by atoms with Gasteiger partial charge < -0.3 is 20.5 Å². The fourth-order valence-electron chi connectivity index (χ4n) is 2.77. The highest BCUT2D eigenvalue weighted by atomic mass is 19.4. The van der Waals surface area contributed by atoms with Gasteiger partial charge in [0, 0.05) is 25.8 Å². The number of anilines is 1. The Kier molecular flexibility index (Phi) is 8.13. The molecule has 0 aliphatic rings. The van der Waals surface area contributed by atoms with Crippen LogP contribution in [0.2, 0.25) is 0 Å². The highest BCUT2D eigenvalue weighted by Crippen LogP contribution is 2.41. The number of carbonyl (C=O) groups excluding carboxylic acids is 1. The van der Waals surface area contributed by atoms with Crippen molar-refractivity contribution in [1.29, 1.82) is 0 Å². The number of amides is 1. The van der Waals surface area contributed by atoms with E-state index in [2.05, 4.69) is 10.6 Å². The number of carbonyl (C=O) groups is 1. The van der Waals surface area contributed by atoms with Crippen LogP contribution in [0.3, 0.4) is 0 Å². The molecule has 11 heteroatoms. The monoisotopic (exact) mass is 464 g/mol. The van der Waals surface area contributed by atoms with Crippen molar-refractivity contribution in [2.45, 2.75) is 30.9 Å². The minimum Gasteiger partial charge on any atom is -0.384 e. The van der Waals surface area contributed by atoms with E-state index in [1.165, 1.54) is 19.2 Å². The normalized spacial score (nSPS) is 14.0. The lowest BCUT2D eigenvalue weighted by Crippen LogP contribution is -2.47. The van der Waals surface area contributed by atoms with Gasteiger partial charge in [-0.15, -0.1) is 0 Å². The fourth-order valence-corrected chi connectivity index (χ4v) is 2.77. The van der Waals surface area contributed by atoms with Crippen LogP contribution in [-0.2, 0) is 27.9 Å². The molecule has 0 fully saturated rings. The van der Waals surface area contributed by atoms with Gasteiger partial charge in [0.1, 0.15) is 0 Å². The number of rotatable bonds is 9. The zero-order chi connectivity index (χ0) is 24.0. The van der Waals surface area contributed by atoms with E-state index in [-0.39, 0.29) is 37.2 Å². The molecule has 176 valence electrons. The summed E-state index contributed by atoms with van der Waals surface area (Å²) in [4.78, 5) is 11.6. The zero-order valence-electron chi connectivity index (χ0n) is 17.0. The largest absolute Gasteiger partial charge is 0.423 e. The second-order valence-corrected chi connectivity index (χ2v) is 7.01. The summed E-state index contributed by atoms with van der Waals surface area (Å²) in [6, 6.07) is 8.47. The van der Waals surface area contributed by atoms with Gasteiger partial charge in [0.05, 0.1) is 18.7 Å². The number of methoxy groups -OCH3 is 1. The summed E-state index contributed by atoms with van der Waals surface area (Å²) >= 11 is 0. The van der Waals surface area contributed by atoms with Crippen LogP contribution in [0.4, 0.5) is 32.0 Å². The third kappa shape index (κ3) is 6.60. The van der Waals surface area contributed by atoms with Crippen molar-refractivity contribution in [1.82, 2.24) is 5.32 Å². The number of alkyl halides is 6. The van der Waals surface area contributed by atoms with Crippen LogP contribution < -0.4 is 10.6 Å². The topological polar surface area (TPSA) is 70.6 Å². The molecule has 0 spiro atoms. The summed E-state index contributed by atoms with van der Waals surface area (Å²) in [6.45, 7) is -0.646. The van der Waals surface area contributed by atoms with Gasteiger partial charge in [-0.05, 0) is 35.4 Å². The van der Waals surface area contributed by atoms with Crippen LogP contribution in [0.15, 0.2) is 48.5 Å². The van der Waals surface area contributed by atoms with Crippen molar-refractivity contribution < 1.29 is 41.0 Å². The molecule has 2 aromatic carbocycles. The molecule has 0 saturated carbocycles. The standard InChI is InChI=1S/C21H22F6N2O3/c1-32-10-9-18(30)28-12-14-5-7-17(8-6-14)29-13-19(31,21(25,26)27)15-3-2-4-16(11-15)20(22,23)24/h2-8,11,29,31H,9-10,12-13H2,1H3,(H,28,30)/t19-/m0/s1. The Labute approximate surface area is 180 Å². The molecule has 0 unspecified atom stereocenters. The van der Waals surface area contributed by atoms with E-state index in [0.29, 0.717) is 11.6 Å². The fraction of sp³-hybridized carbons (Fsp3) is 0.381. The summed E-state index contributed by atoms with van der Waals surface area (Å²) in [5.74, 6) is -0.231. The molecule has 3 N–H and O–H groups in total. The Morgan fingerprint density at radius 1 is 1.00 bits per heavy atom. The molecular weight excluding hydrogens is 442 g/mol. The number of aliphatic hydroxyl groups is 1. The van der Waals surface area contributed by atoms with Crippen LogP contribution >= 0.6 is 0 Å². The summed E-state index contributed by atoms with van der Waals surface area (Å²) in [5.41, 5.74) is -4.90. The van der Waals surface area contributed by atoms with E-state index in [4.69, 9.17) is 4.74 Å². The van der Waals surface area contributed by atoms with Crippen molar-refractivity contribution >= 4 is 11.6 Å². The molecule has 0 aromatic heterocycles. The van der Waals surface area contributed by atoms with Gasteiger partial charge in [-0.1, -0.05) is 24.3 Å². The third-order valence-electron chi connectivity index (χ3n) is 4.66. The van der Waals surface area contributed by atoms with Gasteiger partial charge in [0.2, 0.25) is 11.5 Å². The molecule has 0 aliphatic carbocycles. The Balaban J connectivity index is 2.11. The first-order valence-electron chi connectivity index (χ1n) is 9.42. The van der Waals surface area contributed by atoms with Crippen LogP contribution in [-0.4, -0.2) is 37.5 Å². The molecule has 0 bridgehead atoms. The SMILES string of the molecule is COCCC(=O)NCc1ccc(NC[C@](O)(c2cccc(C(F)(F)F)c2)C(F)(F)F)cc1. The van der Waals surface area contributed by atoms with Crippen LogP contribution in [0.1, 0.15) is 23.1 Å². The number of ether oxygens (including phenoxy) is 1. The minimum absolute atomic E-state index is 0.182. The molecule has 2 aromatic rings. The molecule has 32 heavy (non-hydrogen) atoms. The van der Waals surface area contributed by atoms with Gasteiger partial charge in [-0.2, -0.15) is 26.3 Å². The quantitative estimate of drug-likeness (QED) is 0.486. The first-order chi connectivity index (χ1) is 14.9. The smallest absolute Gasteiger partial charge is 0.384 e. The lowest BCUT2D eigenvalue weighted by molar-refractivity contribution is -0.260. The number of hydrogen-bond acceptors (Lipinski definition) is 4. The third-order valence-corrected chi connectivity index (χ3v) is 4.66. The maximum Gasteiger partial charge on any atom is 0.423 e. The van der Waals surface area contributed by atoms with Crippen molar-refractivity contribution in [3.63, 3.8) is 0 Å². The van der Waals surface area contributed by atoms with Gasteiger partial charge >= 0.3 is 12.4 Å². The van der Waals surface area contributed by atoms with Gasteiger partial charge in [-0.25, -0.2) is 0 Å². The zero-order valence-corrected chi connectivity index (χ0v) is 17.0. The van der Waals surface area contributed by atoms with Crippen LogP contribution in [0.5, 0.6) is 0 Å². The number of hydrogen-bond donors (Lipinski definition) is 3. The average molecular weight is 464 g/mol. The first kappa shape index (κ1) is 25.5. The average Bonchev–Trinajstić information content (AvgIpc) is 2.74. The molecule has 0 heterocycles. The van der Waals surface area contributed by atoms with Crippen LogP contribution in [0.25, 0.3) is 0 Å². The van der Waals surface area contributed by atoms with Crippen molar-refractivity contribution in [3.05, 3.63) is 65.2 Å². The summed E-state index contributed by atoms with van der Waals surface area (Å²) in [6.07, 6.45) is -9.91. The molecule has 5 nitrogen and oxygen atoms in total. The van der Waals surface area contributed by atoms with E-state index in [9.17, 15) is 36.2 Å². The first-order valence-corrected chi connectivity index (χ1v) is 9.42. The number of nitrogens with one attached hydrogen (secondary N) is 2. The summed E-state index contributed by atoms with van der Waals surface area (Å²) < 4.78 is 84.4. The Morgan fingerprint density at radius 3 is 2.19 bits per heavy atom. The van der Waals surface area contributed by atoms with Crippen molar-refractivity contribution in [2.24, 2.45) is 0 Å². The molecule has 2 rings (SSSR count). The van der Waals surface area contributed by atoms with Crippen LogP contribution in [0, 0.1) is 0 Å². The molecule has 1 amide bonds. The van der Waals surface area contributed by atoms with E-state index in [1.807, 2.05) is 0 Å². The summed E-state index contributed by atoms with van der Waals surface area (Å²) in [5, 5.41) is 15.4.